The number of nitrogens with one attached hydrogen (secondary N) is 1. The van der Waals surface area contributed by atoms with Crippen LogP contribution in [0.25, 0.3) is 0 Å². The van der Waals surface area contributed by atoms with Gasteiger partial charge in [-0.3, -0.25) is 14.4 Å². The second-order valence-electron chi connectivity index (χ2n) is 7.96. The van der Waals surface area contributed by atoms with Gasteiger partial charge in [0.2, 0.25) is 17.7 Å². The molecule has 1 aliphatic carbocycles. The van der Waals surface area contributed by atoms with Crippen LogP contribution in [0.15, 0.2) is 0 Å². The van der Waals surface area contributed by atoms with E-state index in [1.54, 1.807) is 4.90 Å². The monoisotopic (exact) mass is 366 g/mol. The maximum Gasteiger partial charge on any atom is 0.242 e. The highest BCUT2D eigenvalue weighted by atomic mass is 16.2. The van der Waals surface area contributed by atoms with Gasteiger partial charge in [-0.05, 0) is 24.7 Å². The van der Waals surface area contributed by atoms with Crippen LogP contribution in [-0.2, 0) is 14.4 Å². The third-order valence-electron chi connectivity index (χ3n) is 5.61. The Bertz CT molecular complexity index is 495. The third kappa shape index (κ3) is 5.97. The lowest BCUT2D eigenvalue weighted by Gasteiger charge is -2.36. The van der Waals surface area contributed by atoms with Crippen molar-refractivity contribution in [3.8, 4) is 0 Å². The fraction of sp³-hybridized carbons (Fsp3) is 0.842. The van der Waals surface area contributed by atoms with Gasteiger partial charge in [-0.1, -0.05) is 33.1 Å². The van der Waals surface area contributed by atoms with Crippen LogP contribution in [0.2, 0.25) is 0 Å². The van der Waals surface area contributed by atoms with Crippen molar-refractivity contribution in [2.45, 2.75) is 58.4 Å². The van der Waals surface area contributed by atoms with Crippen LogP contribution in [0, 0.1) is 11.8 Å². The van der Waals surface area contributed by atoms with Gasteiger partial charge in [0.15, 0.2) is 0 Å². The minimum absolute atomic E-state index is 0.0313. The first kappa shape index (κ1) is 20.7. The standard InChI is InChI=1S/C19H34N4O3/c1-14(2)18(20)19(26)21-13-17(25)23-10-8-22(9-11-23)16(24)12-15-6-4-3-5-7-15/h14-15,18H,3-13,20H2,1-2H3,(H,21,26)/t18-/m0/s1. The molecule has 0 radical (unpaired) electrons. The number of amides is 3. The first-order chi connectivity index (χ1) is 12.4. The van der Waals surface area contributed by atoms with Gasteiger partial charge in [-0.25, -0.2) is 0 Å². The van der Waals surface area contributed by atoms with Crippen molar-refractivity contribution in [2.75, 3.05) is 32.7 Å². The van der Waals surface area contributed by atoms with Crippen LogP contribution in [0.3, 0.4) is 0 Å². The van der Waals surface area contributed by atoms with Gasteiger partial charge in [0.25, 0.3) is 0 Å². The molecule has 0 aromatic carbocycles. The molecule has 7 heteroatoms. The molecule has 1 saturated carbocycles. The molecule has 2 fully saturated rings. The van der Waals surface area contributed by atoms with Gasteiger partial charge >= 0.3 is 0 Å². The number of hydrogen-bond acceptors (Lipinski definition) is 4. The van der Waals surface area contributed by atoms with Crippen molar-refractivity contribution in [3.05, 3.63) is 0 Å². The molecular formula is C19H34N4O3. The van der Waals surface area contributed by atoms with Gasteiger partial charge in [0.1, 0.15) is 0 Å². The molecule has 1 saturated heterocycles. The molecule has 1 aliphatic heterocycles. The van der Waals surface area contributed by atoms with Gasteiger partial charge in [0.05, 0.1) is 12.6 Å². The second-order valence-corrected chi connectivity index (χ2v) is 7.96. The van der Waals surface area contributed by atoms with Gasteiger partial charge in [-0.2, -0.15) is 0 Å². The van der Waals surface area contributed by atoms with Crippen LogP contribution in [0.4, 0.5) is 0 Å². The Morgan fingerprint density at radius 3 is 2.04 bits per heavy atom. The van der Waals surface area contributed by atoms with E-state index in [1.165, 1.54) is 32.1 Å². The minimum atomic E-state index is -0.600. The molecule has 0 bridgehead atoms. The molecule has 1 atom stereocenters. The Hall–Kier alpha value is -1.63. The topological polar surface area (TPSA) is 95.7 Å². The normalized spacial score (nSPS) is 20.2. The number of carbonyl (C=O) groups excluding carboxylic acids is 3. The Balaban J connectivity index is 1.69. The molecule has 26 heavy (non-hydrogen) atoms. The first-order valence-corrected chi connectivity index (χ1v) is 9.97. The van der Waals surface area contributed by atoms with E-state index in [2.05, 4.69) is 5.32 Å². The summed E-state index contributed by atoms with van der Waals surface area (Å²) < 4.78 is 0. The van der Waals surface area contributed by atoms with E-state index in [0.29, 0.717) is 38.5 Å². The summed E-state index contributed by atoms with van der Waals surface area (Å²) in [5.74, 6) is 0.378. The summed E-state index contributed by atoms with van der Waals surface area (Å²) >= 11 is 0. The maximum absolute atomic E-state index is 12.4. The molecule has 3 N–H and O–H groups in total. The molecule has 148 valence electrons. The zero-order valence-corrected chi connectivity index (χ0v) is 16.2. The predicted octanol–water partition coefficient (Wildman–Crippen LogP) is 0.727. The smallest absolute Gasteiger partial charge is 0.242 e. The number of nitrogens with zero attached hydrogens (tertiary/aromatic N) is 2. The van der Waals surface area contributed by atoms with Crippen molar-refractivity contribution in [1.29, 1.82) is 0 Å². The summed E-state index contributed by atoms with van der Waals surface area (Å²) in [7, 11) is 0. The SMILES string of the molecule is CC(C)[C@H](N)C(=O)NCC(=O)N1CCN(C(=O)CC2CCCCC2)CC1. The summed E-state index contributed by atoms with van der Waals surface area (Å²) in [6.45, 7) is 5.93. The zero-order chi connectivity index (χ0) is 19.1. The summed E-state index contributed by atoms with van der Waals surface area (Å²) in [5, 5.41) is 2.61. The molecular weight excluding hydrogens is 332 g/mol. The van der Waals surface area contributed by atoms with Crippen LogP contribution in [-0.4, -0.2) is 66.3 Å². The van der Waals surface area contributed by atoms with E-state index in [-0.39, 0.29) is 30.2 Å². The van der Waals surface area contributed by atoms with E-state index in [4.69, 9.17) is 5.73 Å². The van der Waals surface area contributed by atoms with Crippen molar-refractivity contribution < 1.29 is 14.4 Å². The molecule has 0 spiro atoms. The lowest BCUT2D eigenvalue weighted by molar-refractivity contribution is -0.140. The Morgan fingerprint density at radius 1 is 0.962 bits per heavy atom. The zero-order valence-electron chi connectivity index (χ0n) is 16.2. The highest BCUT2D eigenvalue weighted by Crippen LogP contribution is 2.27. The largest absolute Gasteiger partial charge is 0.346 e. The van der Waals surface area contributed by atoms with Crippen LogP contribution in [0.1, 0.15) is 52.4 Å². The number of hydrogen-bond donors (Lipinski definition) is 2. The Morgan fingerprint density at radius 2 is 1.50 bits per heavy atom. The van der Waals surface area contributed by atoms with Crippen LogP contribution >= 0.6 is 0 Å². The average Bonchev–Trinajstić information content (AvgIpc) is 2.66. The summed E-state index contributed by atoms with van der Waals surface area (Å²) in [6.07, 6.45) is 6.77. The number of nitrogens with two attached hydrogens (primary N) is 1. The highest BCUT2D eigenvalue weighted by Gasteiger charge is 2.27. The fourth-order valence-corrected chi connectivity index (χ4v) is 3.67. The molecule has 7 nitrogen and oxygen atoms in total. The lowest BCUT2D eigenvalue weighted by atomic mass is 9.86. The van der Waals surface area contributed by atoms with E-state index in [0.717, 1.165) is 0 Å². The Labute approximate surface area is 156 Å². The summed E-state index contributed by atoms with van der Waals surface area (Å²) in [5.41, 5.74) is 5.77. The first-order valence-electron chi connectivity index (χ1n) is 9.97. The van der Waals surface area contributed by atoms with Gasteiger partial charge in [0, 0.05) is 32.6 Å². The van der Waals surface area contributed by atoms with E-state index >= 15 is 0 Å². The molecule has 0 unspecified atom stereocenters. The quantitative estimate of drug-likeness (QED) is 0.724. The van der Waals surface area contributed by atoms with Crippen molar-refractivity contribution in [1.82, 2.24) is 15.1 Å². The molecule has 0 aromatic rings. The third-order valence-corrected chi connectivity index (χ3v) is 5.61. The van der Waals surface area contributed by atoms with Gasteiger partial charge in [-0.15, -0.1) is 0 Å². The molecule has 2 aliphatic rings. The highest BCUT2D eigenvalue weighted by molar-refractivity contribution is 5.87. The molecule has 3 amide bonds. The van der Waals surface area contributed by atoms with E-state index in [1.807, 2.05) is 18.7 Å². The average molecular weight is 367 g/mol. The van der Waals surface area contributed by atoms with Gasteiger partial charge < -0.3 is 20.9 Å². The molecule has 1 heterocycles. The van der Waals surface area contributed by atoms with E-state index in [9.17, 15) is 14.4 Å². The number of rotatable bonds is 6. The number of piperazine rings is 1. The van der Waals surface area contributed by atoms with Crippen LogP contribution < -0.4 is 11.1 Å². The lowest BCUT2D eigenvalue weighted by Crippen LogP contribution is -2.54. The number of carbonyl (C=O) groups is 3. The van der Waals surface area contributed by atoms with Crippen molar-refractivity contribution in [2.24, 2.45) is 17.6 Å². The summed E-state index contributed by atoms with van der Waals surface area (Å²) in [6, 6.07) is -0.600. The van der Waals surface area contributed by atoms with Crippen LogP contribution in [0.5, 0.6) is 0 Å². The van der Waals surface area contributed by atoms with Crippen molar-refractivity contribution >= 4 is 17.7 Å². The Kier molecular flexibility index (Phi) is 7.87. The summed E-state index contributed by atoms with van der Waals surface area (Å²) in [4.78, 5) is 40.1. The van der Waals surface area contributed by atoms with E-state index < -0.39 is 6.04 Å². The molecule has 0 aromatic heterocycles. The predicted molar refractivity (Wildman–Crippen MR) is 100 cm³/mol. The molecule has 2 rings (SSSR count). The second kappa shape index (κ2) is 9.90. The van der Waals surface area contributed by atoms with Crippen molar-refractivity contribution in [3.63, 3.8) is 0 Å². The fourth-order valence-electron chi connectivity index (χ4n) is 3.67. The maximum atomic E-state index is 12.4. The minimum Gasteiger partial charge on any atom is -0.346 e.